The average Bonchev–Trinajstić information content (AvgIpc) is 2.57. The average molecular weight is 340 g/mol. The molecule has 3 atom stereocenters. The second-order valence-corrected chi connectivity index (χ2v) is 7.18. The number of nitrogens with one attached hydrogen (secondary N) is 1. The van der Waals surface area contributed by atoms with E-state index in [0.29, 0.717) is 23.8 Å². The van der Waals surface area contributed by atoms with Gasteiger partial charge in [-0.1, -0.05) is 6.92 Å². The van der Waals surface area contributed by atoms with Crippen molar-refractivity contribution in [1.82, 2.24) is 14.9 Å². The zero-order valence-corrected chi connectivity index (χ0v) is 14.4. The second-order valence-electron chi connectivity index (χ2n) is 7.18. The van der Waals surface area contributed by atoms with Crippen LogP contribution in [0.15, 0.2) is 30.6 Å². The van der Waals surface area contributed by atoms with Crippen molar-refractivity contribution < 1.29 is 9.18 Å². The first kappa shape index (κ1) is 16.0. The van der Waals surface area contributed by atoms with Crippen molar-refractivity contribution in [3.8, 4) is 11.4 Å². The number of hydrogen-bond acceptors (Lipinski definition) is 3. The predicted molar refractivity (Wildman–Crippen MR) is 93.6 cm³/mol. The Kier molecular flexibility index (Phi) is 3.90. The Balaban J connectivity index is 1.58. The SMILES string of the molecule is Cc1cc(F)c(NC(=O)N2C3CC(C)C[C@H]2C3)cc1-c1ncccn1. The maximum absolute atomic E-state index is 14.4. The van der Waals surface area contributed by atoms with Gasteiger partial charge in [0.05, 0.1) is 5.69 Å². The van der Waals surface area contributed by atoms with Crippen molar-refractivity contribution in [3.63, 3.8) is 0 Å². The van der Waals surface area contributed by atoms with Gasteiger partial charge in [0, 0.05) is 30.0 Å². The highest BCUT2D eigenvalue weighted by Gasteiger charge is 2.46. The molecule has 2 aliphatic rings. The molecular weight excluding hydrogens is 319 g/mol. The van der Waals surface area contributed by atoms with Crippen LogP contribution in [0.3, 0.4) is 0 Å². The van der Waals surface area contributed by atoms with E-state index in [9.17, 15) is 9.18 Å². The van der Waals surface area contributed by atoms with E-state index in [1.54, 1.807) is 24.5 Å². The Morgan fingerprint density at radius 2 is 1.88 bits per heavy atom. The molecule has 2 aliphatic heterocycles. The van der Waals surface area contributed by atoms with Crippen molar-refractivity contribution in [3.05, 3.63) is 42.0 Å². The van der Waals surface area contributed by atoms with E-state index < -0.39 is 5.82 Å². The van der Waals surface area contributed by atoms with Gasteiger partial charge in [-0.25, -0.2) is 19.2 Å². The highest BCUT2D eigenvalue weighted by molar-refractivity contribution is 5.91. The second kappa shape index (κ2) is 6.10. The van der Waals surface area contributed by atoms with E-state index in [4.69, 9.17) is 0 Å². The molecule has 2 aromatic rings. The molecule has 5 nitrogen and oxygen atoms in total. The summed E-state index contributed by atoms with van der Waals surface area (Å²) in [7, 11) is 0. The van der Waals surface area contributed by atoms with Crippen molar-refractivity contribution in [2.45, 2.75) is 45.2 Å². The normalized spacial score (nSPS) is 24.6. The third-order valence-electron chi connectivity index (χ3n) is 5.28. The number of rotatable bonds is 2. The van der Waals surface area contributed by atoms with Gasteiger partial charge in [0.15, 0.2) is 5.82 Å². The number of aromatic nitrogens is 2. The largest absolute Gasteiger partial charge is 0.322 e. The highest BCUT2D eigenvalue weighted by Crippen LogP contribution is 2.41. The number of amides is 2. The van der Waals surface area contributed by atoms with E-state index >= 15 is 0 Å². The van der Waals surface area contributed by atoms with Crippen molar-refractivity contribution in [2.24, 2.45) is 5.92 Å². The zero-order valence-electron chi connectivity index (χ0n) is 14.4. The van der Waals surface area contributed by atoms with Crippen LogP contribution in [0.1, 0.15) is 31.7 Å². The Bertz CT molecular complexity index is 799. The van der Waals surface area contributed by atoms with Gasteiger partial charge >= 0.3 is 6.03 Å². The number of anilines is 1. The lowest BCUT2D eigenvalue weighted by Crippen LogP contribution is -2.63. The van der Waals surface area contributed by atoms with Crippen LogP contribution < -0.4 is 5.32 Å². The zero-order chi connectivity index (χ0) is 17.6. The van der Waals surface area contributed by atoms with Crippen molar-refractivity contribution in [2.75, 3.05) is 5.32 Å². The Hall–Kier alpha value is -2.50. The molecule has 2 bridgehead atoms. The number of hydrogen-bond donors (Lipinski definition) is 1. The van der Waals surface area contributed by atoms with Crippen LogP contribution in [0.5, 0.6) is 0 Å². The fourth-order valence-corrected chi connectivity index (χ4v) is 4.11. The topological polar surface area (TPSA) is 58.1 Å². The minimum Gasteiger partial charge on any atom is -0.318 e. The van der Waals surface area contributed by atoms with Gasteiger partial charge < -0.3 is 10.2 Å². The fraction of sp³-hybridized carbons (Fsp3) is 0.421. The molecule has 2 unspecified atom stereocenters. The van der Waals surface area contributed by atoms with Crippen LogP contribution in [0.25, 0.3) is 11.4 Å². The summed E-state index contributed by atoms with van der Waals surface area (Å²) < 4.78 is 14.4. The summed E-state index contributed by atoms with van der Waals surface area (Å²) in [6, 6.07) is 5.14. The molecule has 1 aromatic carbocycles. The summed E-state index contributed by atoms with van der Waals surface area (Å²) in [6.07, 6.45) is 6.42. The number of aryl methyl sites for hydroxylation is 1. The number of piperidine rings is 1. The number of benzene rings is 1. The van der Waals surface area contributed by atoms with Crippen LogP contribution in [0, 0.1) is 18.7 Å². The number of carbonyl (C=O) groups is 1. The monoisotopic (exact) mass is 340 g/mol. The Labute approximate surface area is 146 Å². The van der Waals surface area contributed by atoms with E-state index in [1.807, 2.05) is 11.8 Å². The lowest BCUT2D eigenvalue weighted by atomic mass is 9.74. The number of nitrogens with zero attached hydrogens (tertiary/aromatic N) is 3. The van der Waals surface area contributed by atoms with E-state index in [2.05, 4.69) is 22.2 Å². The lowest BCUT2D eigenvalue weighted by Gasteiger charge is -2.54. The molecule has 6 heteroatoms. The molecule has 3 heterocycles. The first-order chi connectivity index (χ1) is 12.0. The molecule has 130 valence electrons. The maximum atomic E-state index is 14.4. The standard InChI is InChI=1S/C19H21FN4O/c1-11-6-13-9-14(7-11)24(13)19(25)23-17-10-15(12(2)8-16(17)20)18-21-4-3-5-22-18/h3-5,8,10-11,13-14H,6-7,9H2,1-2H3,(H,23,25)/t11?,13-,14?/m0/s1. The van der Waals surface area contributed by atoms with Crippen molar-refractivity contribution >= 4 is 11.7 Å². The third kappa shape index (κ3) is 2.86. The van der Waals surface area contributed by atoms with Gasteiger partial charge in [-0.05, 0) is 55.9 Å². The van der Waals surface area contributed by atoms with Gasteiger partial charge in [0.25, 0.3) is 0 Å². The molecule has 1 aromatic heterocycles. The molecule has 0 radical (unpaired) electrons. The lowest BCUT2D eigenvalue weighted by molar-refractivity contribution is -0.00603. The van der Waals surface area contributed by atoms with Crippen LogP contribution in [0.4, 0.5) is 14.9 Å². The number of halogens is 1. The minimum atomic E-state index is -0.440. The van der Waals surface area contributed by atoms with Gasteiger partial charge in [0.2, 0.25) is 0 Å². The van der Waals surface area contributed by atoms with E-state index in [1.165, 1.54) is 6.07 Å². The van der Waals surface area contributed by atoms with Crippen LogP contribution in [-0.4, -0.2) is 33.0 Å². The van der Waals surface area contributed by atoms with Gasteiger partial charge in [0.1, 0.15) is 5.82 Å². The molecular formula is C19H21FN4O. The summed E-state index contributed by atoms with van der Waals surface area (Å²) in [5.41, 5.74) is 1.63. The predicted octanol–water partition coefficient (Wildman–Crippen LogP) is 4.00. The van der Waals surface area contributed by atoms with Crippen LogP contribution in [0.2, 0.25) is 0 Å². The smallest absolute Gasteiger partial charge is 0.318 e. The van der Waals surface area contributed by atoms with Gasteiger partial charge in [-0.15, -0.1) is 0 Å². The van der Waals surface area contributed by atoms with E-state index in [0.717, 1.165) is 30.4 Å². The van der Waals surface area contributed by atoms with E-state index in [-0.39, 0.29) is 11.7 Å². The molecule has 0 saturated carbocycles. The van der Waals surface area contributed by atoms with Crippen molar-refractivity contribution in [1.29, 1.82) is 0 Å². The highest BCUT2D eigenvalue weighted by atomic mass is 19.1. The first-order valence-corrected chi connectivity index (χ1v) is 8.69. The Morgan fingerprint density at radius 3 is 2.56 bits per heavy atom. The summed E-state index contributed by atoms with van der Waals surface area (Å²) >= 11 is 0. The summed E-state index contributed by atoms with van der Waals surface area (Å²) in [6.45, 7) is 4.03. The van der Waals surface area contributed by atoms with Crippen LogP contribution >= 0.6 is 0 Å². The third-order valence-corrected chi connectivity index (χ3v) is 5.28. The molecule has 4 rings (SSSR count). The molecule has 0 spiro atoms. The Morgan fingerprint density at radius 1 is 1.20 bits per heavy atom. The summed E-state index contributed by atoms with van der Waals surface area (Å²) in [5.74, 6) is 0.737. The quantitative estimate of drug-likeness (QED) is 0.899. The molecule has 1 N–H and O–H groups in total. The fourth-order valence-electron chi connectivity index (χ4n) is 4.11. The minimum absolute atomic E-state index is 0.177. The van der Waals surface area contributed by atoms with Crippen LogP contribution in [-0.2, 0) is 0 Å². The number of urea groups is 1. The number of carbonyl (C=O) groups excluding carboxylic acids is 1. The molecule has 0 aliphatic carbocycles. The maximum Gasteiger partial charge on any atom is 0.322 e. The molecule has 25 heavy (non-hydrogen) atoms. The summed E-state index contributed by atoms with van der Waals surface area (Å²) in [4.78, 5) is 22.9. The van der Waals surface area contributed by atoms with Gasteiger partial charge in [-0.3, -0.25) is 0 Å². The molecule has 2 amide bonds. The molecule has 2 fully saturated rings. The van der Waals surface area contributed by atoms with Gasteiger partial charge in [-0.2, -0.15) is 0 Å². The number of fused-ring (bicyclic) bond motifs is 2. The molecule has 2 saturated heterocycles. The first-order valence-electron chi connectivity index (χ1n) is 8.69. The summed E-state index contributed by atoms with van der Waals surface area (Å²) in [5, 5.41) is 2.75.